The molecule has 0 bridgehead atoms. The van der Waals surface area contributed by atoms with E-state index < -0.39 is 0 Å². The predicted molar refractivity (Wildman–Crippen MR) is 129 cm³/mol. The Morgan fingerprint density at radius 3 is 2.61 bits per heavy atom. The molecule has 0 aromatic rings. The lowest BCUT2D eigenvalue weighted by molar-refractivity contribution is -0.165. The number of hydrogen-bond acceptors (Lipinski definition) is 4. The summed E-state index contributed by atoms with van der Waals surface area (Å²) >= 11 is 0. The molecule has 1 saturated heterocycles. The second-order valence-electron chi connectivity index (χ2n) is 13.5. The van der Waals surface area contributed by atoms with Crippen molar-refractivity contribution < 1.29 is 19.1 Å². The monoisotopic (exact) mass is 458 g/mol. The van der Waals surface area contributed by atoms with E-state index in [1.54, 1.807) is 0 Å². The third kappa shape index (κ3) is 3.47. The summed E-state index contributed by atoms with van der Waals surface area (Å²) in [5, 5.41) is 0. The first-order valence-electron chi connectivity index (χ1n) is 13.9. The summed E-state index contributed by atoms with van der Waals surface area (Å²) in [7, 11) is 0. The van der Waals surface area contributed by atoms with E-state index in [1.807, 2.05) is 0 Å². The van der Waals surface area contributed by atoms with E-state index >= 15 is 0 Å². The van der Waals surface area contributed by atoms with Gasteiger partial charge in [0.05, 0.1) is 12.0 Å². The smallest absolute Gasteiger partial charge is 0.302 e. The summed E-state index contributed by atoms with van der Waals surface area (Å²) in [6.07, 6.45) is 11.2. The number of epoxide rings is 1. The fourth-order valence-electron chi connectivity index (χ4n) is 9.71. The Kier molecular flexibility index (Phi) is 5.82. The maximum atomic E-state index is 13.8. The molecule has 0 aromatic heterocycles. The van der Waals surface area contributed by atoms with E-state index in [0.29, 0.717) is 18.1 Å². The van der Waals surface area contributed by atoms with Crippen LogP contribution >= 0.6 is 0 Å². The summed E-state index contributed by atoms with van der Waals surface area (Å²) < 4.78 is 12.3. The fourth-order valence-corrected chi connectivity index (χ4v) is 9.71. The van der Waals surface area contributed by atoms with Crippen molar-refractivity contribution in [3.05, 3.63) is 0 Å². The van der Waals surface area contributed by atoms with Crippen molar-refractivity contribution in [2.24, 2.45) is 46.3 Å². The van der Waals surface area contributed by atoms with Crippen LogP contribution in [0.15, 0.2) is 0 Å². The molecule has 10 atom stereocenters. The van der Waals surface area contributed by atoms with Crippen LogP contribution in [0.3, 0.4) is 0 Å². The number of hydrogen-bond donors (Lipinski definition) is 0. The number of carbonyl (C=O) groups is 2. The minimum Gasteiger partial charge on any atom is -0.463 e. The molecular formula is C29H46O4. The Hall–Kier alpha value is -0.900. The minimum absolute atomic E-state index is 0.0325. The van der Waals surface area contributed by atoms with Crippen LogP contribution in [-0.2, 0) is 19.1 Å². The molecule has 33 heavy (non-hydrogen) atoms. The second-order valence-corrected chi connectivity index (χ2v) is 13.5. The number of esters is 1. The summed E-state index contributed by atoms with van der Waals surface area (Å²) in [4.78, 5) is 25.4. The SMILES string of the molecule is CC(=O)O[C@H]1CC[C@@]2(C)[C@@H](CC(=O)[C@H]3[C@@H]4CC[C@H]([C@H](C)CCCC(C)C)[C@@]4(C)C[C@H]4O[C@]432)C1. The van der Waals surface area contributed by atoms with E-state index in [0.717, 1.165) is 43.4 Å². The standard InChI is InChI=1S/C29H46O4/c1-17(2)8-7-9-18(3)22-10-11-23-26-24(31)15-20-14-21(32-19(4)30)12-13-28(20,6)29(26)25(33-29)16-27(22,23)5/h17-18,20-23,25-26H,7-16H2,1-6H3/t18-,20-,21+,22-,23+,25-,26-,27-,28+,29-/m1/s1. The molecule has 5 rings (SSSR count). The van der Waals surface area contributed by atoms with Crippen molar-refractivity contribution in [3.8, 4) is 0 Å². The zero-order chi connectivity index (χ0) is 23.8. The highest BCUT2D eigenvalue weighted by molar-refractivity contribution is 5.85. The lowest BCUT2D eigenvalue weighted by Gasteiger charge is -2.58. The van der Waals surface area contributed by atoms with Crippen LogP contribution in [0.5, 0.6) is 0 Å². The molecule has 4 nitrogen and oxygen atoms in total. The topological polar surface area (TPSA) is 55.9 Å². The number of ether oxygens (including phenoxy) is 2. The van der Waals surface area contributed by atoms with Gasteiger partial charge in [-0.25, -0.2) is 0 Å². The second kappa shape index (κ2) is 8.07. The Labute approximate surface area is 200 Å². The Morgan fingerprint density at radius 1 is 1.15 bits per heavy atom. The van der Waals surface area contributed by atoms with Gasteiger partial charge in [-0.05, 0) is 73.5 Å². The first-order chi connectivity index (χ1) is 15.5. The third-order valence-corrected chi connectivity index (χ3v) is 11.3. The van der Waals surface area contributed by atoms with Gasteiger partial charge in [0.15, 0.2) is 0 Å². The van der Waals surface area contributed by atoms with Gasteiger partial charge in [-0.1, -0.05) is 53.9 Å². The average molecular weight is 459 g/mol. The molecule has 1 aliphatic heterocycles. The van der Waals surface area contributed by atoms with Crippen LogP contribution in [0.2, 0.25) is 0 Å². The number of Topliss-reactive ketones (excluding diaryl/α,β-unsaturated/α-hetero) is 1. The number of fused-ring (bicyclic) bond motifs is 3. The van der Waals surface area contributed by atoms with Crippen LogP contribution in [0.25, 0.3) is 0 Å². The van der Waals surface area contributed by atoms with Gasteiger partial charge in [0.1, 0.15) is 17.5 Å². The van der Waals surface area contributed by atoms with Crippen LogP contribution in [0, 0.1) is 46.3 Å². The average Bonchev–Trinajstić information content (AvgIpc) is 3.33. The van der Waals surface area contributed by atoms with Gasteiger partial charge in [-0.2, -0.15) is 0 Å². The lowest BCUT2D eigenvalue weighted by atomic mass is 9.43. The van der Waals surface area contributed by atoms with Crippen molar-refractivity contribution in [1.29, 1.82) is 0 Å². The molecule has 5 fully saturated rings. The summed E-state index contributed by atoms with van der Waals surface area (Å²) in [6.45, 7) is 13.5. The van der Waals surface area contributed by atoms with Crippen molar-refractivity contribution in [2.75, 3.05) is 0 Å². The molecule has 1 spiro atoms. The highest BCUT2D eigenvalue weighted by atomic mass is 16.6. The van der Waals surface area contributed by atoms with E-state index in [4.69, 9.17) is 9.47 Å². The zero-order valence-corrected chi connectivity index (χ0v) is 21.8. The largest absolute Gasteiger partial charge is 0.463 e. The Balaban J connectivity index is 1.36. The van der Waals surface area contributed by atoms with Crippen LogP contribution in [0.4, 0.5) is 0 Å². The highest BCUT2D eigenvalue weighted by Crippen LogP contribution is 2.76. The maximum absolute atomic E-state index is 13.8. The third-order valence-electron chi connectivity index (χ3n) is 11.3. The van der Waals surface area contributed by atoms with E-state index in [9.17, 15) is 9.59 Å². The van der Waals surface area contributed by atoms with Crippen LogP contribution in [0.1, 0.15) is 106 Å². The molecule has 0 unspecified atom stereocenters. The molecule has 4 heteroatoms. The van der Waals surface area contributed by atoms with Gasteiger partial charge in [-0.3, -0.25) is 9.59 Å². The molecule has 0 radical (unpaired) electrons. The van der Waals surface area contributed by atoms with Gasteiger partial charge in [0.25, 0.3) is 0 Å². The first-order valence-corrected chi connectivity index (χ1v) is 13.9. The van der Waals surface area contributed by atoms with Crippen LogP contribution < -0.4 is 0 Å². The Morgan fingerprint density at radius 2 is 1.91 bits per heavy atom. The molecule has 0 amide bonds. The van der Waals surface area contributed by atoms with Gasteiger partial charge in [-0.15, -0.1) is 0 Å². The van der Waals surface area contributed by atoms with Gasteiger partial charge in [0, 0.05) is 18.8 Å². The lowest BCUT2D eigenvalue weighted by Crippen LogP contribution is -2.63. The molecular weight excluding hydrogens is 412 g/mol. The number of ketones is 1. The number of carbonyl (C=O) groups excluding carboxylic acids is 2. The zero-order valence-electron chi connectivity index (χ0n) is 21.8. The molecule has 5 aliphatic rings. The minimum atomic E-state index is -0.242. The van der Waals surface area contributed by atoms with Crippen molar-refractivity contribution in [3.63, 3.8) is 0 Å². The van der Waals surface area contributed by atoms with Crippen LogP contribution in [-0.4, -0.2) is 29.6 Å². The summed E-state index contributed by atoms with van der Waals surface area (Å²) in [5.41, 5.74) is 0.0315. The van der Waals surface area contributed by atoms with Crippen molar-refractivity contribution >= 4 is 11.8 Å². The van der Waals surface area contributed by atoms with Crippen molar-refractivity contribution in [1.82, 2.24) is 0 Å². The Bertz CT molecular complexity index is 805. The normalized spacial score (nSPS) is 49.0. The predicted octanol–water partition coefficient (Wildman–Crippen LogP) is 6.35. The van der Waals surface area contributed by atoms with Gasteiger partial charge in [0.2, 0.25) is 0 Å². The molecule has 0 aromatic carbocycles. The highest BCUT2D eigenvalue weighted by Gasteiger charge is 2.81. The summed E-state index contributed by atoms with van der Waals surface area (Å²) in [5.74, 6) is 3.32. The molecule has 4 aliphatic carbocycles. The molecule has 4 saturated carbocycles. The van der Waals surface area contributed by atoms with E-state index in [-0.39, 0.29) is 46.4 Å². The maximum Gasteiger partial charge on any atom is 0.302 e. The van der Waals surface area contributed by atoms with E-state index in [1.165, 1.54) is 39.0 Å². The molecule has 0 N–H and O–H groups in total. The van der Waals surface area contributed by atoms with Gasteiger partial charge >= 0.3 is 5.97 Å². The van der Waals surface area contributed by atoms with Crippen molar-refractivity contribution in [2.45, 2.75) is 124 Å². The molecule has 1 heterocycles. The summed E-state index contributed by atoms with van der Waals surface area (Å²) in [6, 6.07) is 0. The fraction of sp³-hybridized carbons (Fsp3) is 0.931. The molecule has 186 valence electrons. The quantitative estimate of drug-likeness (QED) is 0.344. The van der Waals surface area contributed by atoms with E-state index in [2.05, 4.69) is 34.6 Å². The first kappa shape index (κ1) is 23.8. The number of rotatable bonds is 6. The van der Waals surface area contributed by atoms with Gasteiger partial charge < -0.3 is 9.47 Å².